The molecule has 2 aliphatic carbocycles. The van der Waals surface area contributed by atoms with Gasteiger partial charge in [-0.15, -0.1) is 0 Å². The van der Waals surface area contributed by atoms with Crippen molar-refractivity contribution in [2.45, 2.75) is 137 Å². The van der Waals surface area contributed by atoms with Crippen LogP contribution < -0.4 is 21.3 Å². The fourth-order valence-corrected chi connectivity index (χ4v) is 7.24. The Morgan fingerprint density at radius 2 is 1.62 bits per heavy atom. The molecule has 1 aliphatic heterocycles. The van der Waals surface area contributed by atoms with Crippen molar-refractivity contribution in [2.24, 2.45) is 23.2 Å². The smallest absolute Gasteiger partial charge is 0.333 e. The lowest BCUT2D eigenvalue weighted by Gasteiger charge is -2.37. The van der Waals surface area contributed by atoms with Gasteiger partial charge in [-0.25, -0.2) is 9.59 Å². The van der Waals surface area contributed by atoms with Crippen molar-refractivity contribution in [3.63, 3.8) is 0 Å². The maximum Gasteiger partial charge on any atom is 0.333 e. The quantitative estimate of drug-likeness (QED) is 0.126. The van der Waals surface area contributed by atoms with Crippen LogP contribution in [0.3, 0.4) is 0 Å². The number of hydrogen-bond acceptors (Lipinski definition) is 7. The highest BCUT2D eigenvalue weighted by Gasteiger charge is 2.69. The predicted molar refractivity (Wildman–Crippen MR) is 178 cm³/mol. The van der Waals surface area contributed by atoms with Crippen LogP contribution in [0.4, 0.5) is 4.79 Å². The number of fused-ring (bicyclic) bond motifs is 1. The number of urea groups is 1. The summed E-state index contributed by atoms with van der Waals surface area (Å²) in [6.07, 6.45) is 6.04. The largest absolute Gasteiger partial charge is 0.458 e. The molecule has 6 atom stereocenters. The van der Waals surface area contributed by atoms with Crippen LogP contribution in [0, 0.1) is 23.2 Å². The van der Waals surface area contributed by atoms with Crippen molar-refractivity contribution in [3.05, 3.63) is 12.2 Å². The third-order valence-electron chi connectivity index (χ3n) is 9.89. The molecule has 3 fully saturated rings. The molecule has 0 aromatic rings. The lowest BCUT2D eigenvalue weighted by molar-refractivity contribution is -0.156. The third kappa shape index (κ3) is 9.34. The standard InChI is InChI=1S/C35H57N5O7/c1-10-12-18-23(28(41)30(43)36-11-2)37-29(42)27-24-22(35(24,8)9)19-40(27)31(44)26(21-16-14-13-15-17-21)39-33(46)38-25(20(3)4)32(45)47-34(5,6)7/h21-27H,3,10-19H2,1-2,4-9H3,(H,36,43)(H,37,42)(H2,38,39,46)/t22-,23?,24-,25-,26-,27-/m0/s1. The summed E-state index contributed by atoms with van der Waals surface area (Å²) < 4.78 is 5.48. The Bertz CT molecular complexity index is 1220. The minimum atomic E-state index is -1.11. The fraction of sp³-hybridized carbons (Fsp3) is 0.771. The Morgan fingerprint density at radius 1 is 0.979 bits per heavy atom. The maximum atomic E-state index is 14.5. The number of likely N-dealkylation sites (tertiary alicyclic amines) is 1. The fourth-order valence-electron chi connectivity index (χ4n) is 7.24. The number of carbonyl (C=O) groups excluding carboxylic acids is 6. The molecule has 0 bridgehead atoms. The number of Topliss-reactive ketones (excluding diaryl/α,β-unsaturated/α-hetero) is 1. The van der Waals surface area contributed by atoms with Crippen LogP contribution in [0.2, 0.25) is 0 Å². The van der Waals surface area contributed by atoms with Gasteiger partial charge in [0, 0.05) is 13.1 Å². The average molecular weight is 660 g/mol. The minimum Gasteiger partial charge on any atom is -0.458 e. The second kappa shape index (κ2) is 15.6. The molecule has 3 rings (SSSR count). The van der Waals surface area contributed by atoms with Crippen LogP contribution in [-0.2, 0) is 28.7 Å². The van der Waals surface area contributed by atoms with E-state index in [1.165, 1.54) is 0 Å². The van der Waals surface area contributed by atoms with Crippen molar-refractivity contribution >= 4 is 35.5 Å². The molecule has 264 valence electrons. The third-order valence-corrected chi connectivity index (χ3v) is 9.89. The lowest BCUT2D eigenvalue weighted by Crippen LogP contribution is -2.61. The summed E-state index contributed by atoms with van der Waals surface area (Å²) in [5.74, 6) is -3.13. The molecule has 0 radical (unpaired) electrons. The molecule has 47 heavy (non-hydrogen) atoms. The highest BCUT2D eigenvalue weighted by Crippen LogP contribution is 2.65. The van der Waals surface area contributed by atoms with Crippen LogP contribution in [0.15, 0.2) is 12.2 Å². The van der Waals surface area contributed by atoms with E-state index in [2.05, 4.69) is 41.7 Å². The topological polar surface area (TPSA) is 163 Å². The minimum absolute atomic E-state index is 0.0798. The molecule has 0 aromatic carbocycles. The van der Waals surface area contributed by atoms with Gasteiger partial charge in [-0.1, -0.05) is 59.5 Å². The van der Waals surface area contributed by atoms with E-state index in [4.69, 9.17) is 4.74 Å². The summed E-state index contributed by atoms with van der Waals surface area (Å²) in [5.41, 5.74) is -0.578. The van der Waals surface area contributed by atoms with Gasteiger partial charge in [0.05, 0.1) is 6.04 Å². The first-order chi connectivity index (χ1) is 21.9. The van der Waals surface area contributed by atoms with Gasteiger partial charge in [0.1, 0.15) is 23.7 Å². The SMILES string of the molecule is C=C(C)[C@H](NC(=O)N[C@H](C(=O)N1C[C@H]2[C@@H]([C@H]1C(=O)NC(CCCC)C(=O)C(=O)NCC)C2(C)C)C1CCCCC1)C(=O)OC(C)(C)C. The van der Waals surface area contributed by atoms with Gasteiger partial charge in [0.2, 0.25) is 17.6 Å². The lowest BCUT2D eigenvalue weighted by atomic mass is 9.83. The maximum absolute atomic E-state index is 14.5. The Morgan fingerprint density at radius 3 is 2.17 bits per heavy atom. The number of piperidine rings is 1. The van der Waals surface area contributed by atoms with E-state index in [-0.39, 0.29) is 35.6 Å². The van der Waals surface area contributed by atoms with E-state index in [0.717, 1.165) is 38.5 Å². The monoisotopic (exact) mass is 659 g/mol. The Balaban J connectivity index is 1.86. The highest BCUT2D eigenvalue weighted by molar-refractivity contribution is 6.38. The second-order valence-electron chi connectivity index (χ2n) is 15.1. The number of rotatable bonds is 14. The summed E-state index contributed by atoms with van der Waals surface area (Å²) in [6, 6.07) is -4.60. The van der Waals surface area contributed by atoms with Gasteiger partial charge >= 0.3 is 12.0 Å². The van der Waals surface area contributed by atoms with E-state index in [1.54, 1.807) is 39.5 Å². The van der Waals surface area contributed by atoms with Crippen molar-refractivity contribution in [1.29, 1.82) is 0 Å². The molecule has 12 nitrogen and oxygen atoms in total. The van der Waals surface area contributed by atoms with E-state index >= 15 is 0 Å². The second-order valence-corrected chi connectivity index (χ2v) is 15.1. The predicted octanol–water partition coefficient (Wildman–Crippen LogP) is 3.38. The van der Waals surface area contributed by atoms with E-state index in [9.17, 15) is 28.8 Å². The number of likely N-dealkylation sites (N-methyl/N-ethyl adjacent to an activating group) is 1. The number of nitrogens with zero attached hydrogens (tertiary/aromatic N) is 1. The molecule has 1 unspecified atom stereocenters. The van der Waals surface area contributed by atoms with Gasteiger partial charge in [0.25, 0.3) is 5.91 Å². The van der Waals surface area contributed by atoms with E-state index in [0.29, 0.717) is 25.0 Å². The summed E-state index contributed by atoms with van der Waals surface area (Å²) >= 11 is 0. The normalized spacial score (nSPS) is 23.7. The van der Waals surface area contributed by atoms with E-state index < -0.39 is 59.4 Å². The van der Waals surface area contributed by atoms with Crippen LogP contribution in [0.5, 0.6) is 0 Å². The van der Waals surface area contributed by atoms with Crippen molar-refractivity contribution < 1.29 is 33.5 Å². The summed E-state index contributed by atoms with van der Waals surface area (Å²) in [5, 5.41) is 10.9. The number of carbonyl (C=O) groups is 6. The zero-order valence-corrected chi connectivity index (χ0v) is 29.6. The molecule has 1 saturated heterocycles. The Kier molecular flexibility index (Phi) is 12.6. The molecular formula is C35H57N5O7. The van der Waals surface area contributed by atoms with Crippen LogP contribution in [0.1, 0.15) is 107 Å². The zero-order chi connectivity index (χ0) is 35.3. The first kappa shape index (κ1) is 38.0. The van der Waals surface area contributed by atoms with Gasteiger partial charge in [0.15, 0.2) is 0 Å². The molecular weight excluding hydrogens is 602 g/mol. The van der Waals surface area contributed by atoms with Gasteiger partial charge in [-0.3, -0.25) is 19.2 Å². The van der Waals surface area contributed by atoms with Crippen LogP contribution in [-0.4, -0.2) is 83.3 Å². The number of hydrogen-bond donors (Lipinski definition) is 4. The van der Waals surface area contributed by atoms with Gasteiger partial charge in [-0.05, 0) is 82.6 Å². The van der Waals surface area contributed by atoms with Gasteiger partial charge in [-0.2, -0.15) is 0 Å². The Hall–Kier alpha value is -3.44. The summed E-state index contributed by atoms with van der Waals surface area (Å²) in [6.45, 7) is 19.1. The summed E-state index contributed by atoms with van der Waals surface area (Å²) in [4.78, 5) is 81.8. The molecule has 0 spiro atoms. The highest BCUT2D eigenvalue weighted by atomic mass is 16.6. The number of esters is 1. The van der Waals surface area contributed by atoms with Crippen LogP contribution >= 0.6 is 0 Å². The average Bonchev–Trinajstić information content (AvgIpc) is 3.31. The molecule has 0 aromatic heterocycles. The number of amides is 5. The number of ketones is 1. The summed E-state index contributed by atoms with van der Waals surface area (Å²) in [7, 11) is 0. The molecule has 3 aliphatic rings. The zero-order valence-electron chi connectivity index (χ0n) is 29.6. The number of nitrogens with one attached hydrogen (secondary N) is 4. The molecule has 4 N–H and O–H groups in total. The number of unbranched alkanes of at least 4 members (excludes halogenated alkanes) is 1. The van der Waals surface area contributed by atoms with Crippen molar-refractivity contribution in [1.82, 2.24) is 26.2 Å². The van der Waals surface area contributed by atoms with Crippen LogP contribution in [0.25, 0.3) is 0 Å². The molecule has 12 heteroatoms. The molecule has 2 saturated carbocycles. The van der Waals surface area contributed by atoms with Crippen molar-refractivity contribution in [2.75, 3.05) is 13.1 Å². The Labute approximate surface area is 279 Å². The first-order valence-corrected chi connectivity index (χ1v) is 17.3. The first-order valence-electron chi connectivity index (χ1n) is 17.3. The van der Waals surface area contributed by atoms with Gasteiger partial charge < -0.3 is 30.9 Å². The molecule has 5 amide bonds. The van der Waals surface area contributed by atoms with Crippen molar-refractivity contribution in [3.8, 4) is 0 Å². The van der Waals surface area contributed by atoms with E-state index in [1.807, 2.05) is 6.92 Å². The molecule has 1 heterocycles. The number of ether oxygens (including phenoxy) is 1.